The molecule has 78 valence electrons. The number of rotatable bonds is 7. The third kappa shape index (κ3) is 6.95. The zero-order valence-corrected chi connectivity index (χ0v) is 8.48. The minimum absolute atomic E-state index is 0.193. The Bertz CT molecular complexity index is 144. The number of quaternary nitrogens is 1. The van der Waals surface area contributed by atoms with Gasteiger partial charge in [-0.3, -0.25) is 0 Å². The van der Waals surface area contributed by atoms with Gasteiger partial charge in [-0.05, 0) is 25.8 Å². The average molecular weight is 209 g/mol. The van der Waals surface area contributed by atoms with Crippen LogP contribution in [-0.4, -0.2) is 24.9 Å². The van der Waals surface area contributed by atoms with E-state index in [0.717, 1.165) is 25.7 Å². The first kappa shape index (κ1) is 12.8. The molecule has 0 aromatic rings. The highest BCUT2D eigenvalue weighted by Crippen LogP contribution is 1.95. The van der Waals surface area contributed by atoms with Crippen molar-refractivity contribution in [2.75, 3.05) is 19.0 Å². The van der Waals surface area contributed by atoms with Gasteiger partial charge in [-0.2, -0.15) is 0 Å². The number of hydrogen-bond donors (Lipinski definition) is 2. The molecule has 13 heavy (non-hydrogen) atoms. The minimum atomic E-state index is -0.472. The summed E-state index contributed by atoms with van der Waals surface area (Å²) in [7, 11) is 0. The van der Waals surface area contributed by atoms with Crippen LogP contribution in [0.2, 0.25) is 0 Å². The van der Waals surface area contributed by atoms with E-state index in [1.807, 2.05) is 0 Å². The Morgan fingerprint density at radius 2 is 1.92 bits per heavy atom. The topological polar surface area (TPSA) is 70.6 Å². The summed E-state index contributed by atoms with van der Waals surface area (Å²) < 4.78 is 0. The van der Waals surface area contributed by atoms with Crippen molar-refractivity contribution < 1.29 is 9.86 Å². The van der Waals surface area contributed by atoms with Gasteiger partial charge in [0.25, 0.3) is 0 Å². The predicted octanol–water partition coefficient (Wildman–Crippen LogP) is -0.346. The highest BCUT2D eigenvalue weighted by Gasteiger charge is 2.07. The van der Waals surface area contributed by atoms with Crippen LogP contribution in [0.4, 0.5) is 0 Å². The van der Waals surface area contributed by atoms with Gasteiger partial charge < -0.3 is 16.0 Å². The van der Waals surface area contributed by atoms with Crippen LogP contribution in [0.25, 0.3) is 0 Å². The fourth-order valence-electron chi connectivity index (χ4n) is 0.997. The maximum atomic E-state index is 10.9. The summed E-state index contributed by atoms with van der Waals surface area (Å²) >= 11 is 5.22. The molecule has 0 rings (SSSR count). The van der Waals surface area contributed by atoms with Crippen LogP contribution in [0.3, 0.4) is 0 Å². The molecule has 1 amide bonds. The van der Waals surface area contributed by atoms with Crippen LogP contribution in [-0.2, 0) is 4.79 Å². The molecule has 1 atom stereocenters. The van der Waals surface area contributed by atoms with Gasteiger partial charge in [-0.1, -0.05) is 6.42 Å². The molecule has 4 nitrogen and oxygen atoms in total. The maximum absolute atomic E-state index is 10.9. The molecule has 0 aliphatic carbocycles. The summed E-state index contributed by atoms with van der Waals surface area (Å²) in [4.78, 5) is 10.7. The lowest BCUT2D eigenvalue weighted by Crippen LogP contribution is -3.10. The van der Waals surface area contributed by atoms with Crippen LogP contribution in [0, 0.1) is 5.21 Å². The van der Waals surface area contributed by atoms with Crippen molar-refractivity contribution in [2.45, 2.75) is 25.7 Å². The zero-order chi connectivity index (χ0) is 10.1. The Hall–Kier alpha value is -0.160. The molecule has 0 saturated heterocycles. The van der Waals surface area contributed by atoms with Crippen molar-refractivity contribution in [3.63, 3.8) is 0 Å². The van der Waals surface area contributed by atoms with Gasteiger partial charge in [0.15, 0.2) is 0 Å². The number of alkyl halides is 1. The van der Waals surface area contributed by atoms with E-state index >= 15 is 0 Å². The van der Waals surface area contributed by atoms with E-state index in [-0.39, 0.29) is 10.9 Å². The fourth-order valence-corrected chi connectivity index (χ4v) is 1.15. The molecule has 0 fully saturated rings. The smallest absolute Gasteiger partial charge is 0.326 e. The molecule has 1 unspecified atom stereocenters. The molecule has 5 heteroatoms. The number of carbonyl (C=O) groups excluding carboxylic acids is 1. The van der Waals surface area contributed by atoms with E-state index in [9.17, 15) is 10.0 Å². The first-order chi connectivity index (χ1) is 6.22. The Morgan fingerprint density at radius 3 is 2.46 bits per heavy atom. The SMILES string of the molecule is NCCCCCC[NH+]([O-])C(=O)CCl. The molecule has 0 aliphatic rings. The molecule has 0 aromatic carbocycles. The molecule has 0 spiro atoms. The van der Waals surface area contributed by atoms with Crippen molar-refractivity contribution in [1.29, 1.82) is 0 Å². The van der Waals surface area contributed by atoms with Gasteiger partial charge in [0, 0.05) is 0 Å². The van der Waals surface area contributed by atoms with Gasteiger partial charge in [-0.15, -0.1) is 11.6 Å². The lowest BCUT2D eigenvalue weighted by atomic mass is 10.2. The molecule has 0 saturated carbocycles. The predicted molar refractivity (Wildman–Crippen MR) is 52.4 cm³/mol. The van der Waals surface area contributed by atoms with Crippen LogP contribution in [0.5, 0.6) is 0 Å². The summed E-state index contributed by atoms with van der Waals surface area (Å²) in [6.45, 7) is 1.02. The lowest BCUT2D eigenvalue weighted by molar-refractivity contribution is -0.764. The number of hydroxylamine groups is 2. The fraction of sp³-hybridized carbons (Fsp3) is 0.875. The quantitative estimate of drug-likeness (QED) is 0.342. The van der Waals surface area contributed by atoms with Gasteiger partial charge >= 0.3 is 5.91 Å². The van der Waals surface area contributed by atoms with E-state index in [0.29, 0.717) is 13.1 Å². The zero-order valence-electron chi connectivity index (χ0n) is 7.72. The lowest BCUT2D eigenvalue weighted by Gasteiger charge is -2.17. The van der Waals surface area contributed by atoms with Crippen LogP contribution >= 0.6 is 11.6 Å². The average Bonchev–Trinajstić information content (AvgIpc) is 2.16. The van der Waals surface area contributed by atoms with Gasteiger partial charge in [0.2, 0.25) is 0 Å². The number of nitrogens with one attached hydrogen (secondary N) is 1. The molecule has 0 aromatic heterocycles. The van der Waals surface area contributed by atoms with Gasteiger partial charge in [0.1, 0.15) is 5.88 Å². The maximum Gasteiger partial charge on any atom is 0.326 e. The number of nitrogens with two attached hydrogens (primary N) is 1. The third-order valence-electron chi connectivity index (χ3n) is 1.79. The van der Waals surface area contributed by atoms with Crippen LogP contribution in [0.1, 0.15) is 25.7 Å². The Labute approximate surface area is 83.6 Å². The molecule has 3 N–H and O–H groups in total. The monoisotopic (exact) mass is 208 g/mol. The molecule has 0 aliphatic heterocycles. The van der Waals surface area contributed by atoms with Crippen molar-refractivity contribution in [3.8, 4) is 0 Å². The minimum Gasteiger partial charge on any atom is -0.627 e. The van der Waals surface area contributed by atoms with E-state index in [1.165, 1.54) is 0 Å². The van der Waals surface area contributed by atoms with Crippen molar-refractivity contribution in [2.24, 2.45) is 5.73 Å². The van der Waals surface area contributed by atoms with E-state index in [4.69, 9.17) is 17.3 Å². The first-order valence-electron chi connectivity index (χ1n) is 4.54. The molecule has 0 heterocycles. The molecular weight excluding hydrogens is 192 g/mol. The normalized spacial score (nSPS) is 12.8. The second kappa shape index (κ2) is 8.44. The number of unbranched alkanes of at least 4 members (excludes halogenated alkanes) is 3. The summed E-state index contributed by atoms with van der Waals surface area (Å²) in [5, 5.41) is 10.6. The summed E-state index contributed by atoms with van der Waals surface area (Å²) in [6.07, 6.45) is 3.73. The van der Waals surface area contributed by atoms with Crippen LogP contribution < -0.4 is 10.8 Å². The Balaban J connectivity index is 3.26. The summed E-state index contributed by atoms with van der Waals surface area (Å²) in [5.41, 5.74) is 5.30. The highest BCUT2D eigenvalue weighted by molar-refractivity contribution is 6.26. The van der Waals surface area contributed by atoms with Gasteiger partial charge in [-0.25, -0.2) is 4.79 Å². The Kier molecular flexibility index (Phi) is 8.33. The van der Waals surface area contributed by atoms with E-state index < -0.39 is 5.91 Å². The van der Waals surface area contributed by atoms with Gasteiger partial charge in [0.05, 0.1) is 6.54 Å². The Morgan fingerprint density at radius 1 is 1.31 bits per heavy atom. The van der Waals surface area contributed by atoms with Crippen LogP contribution in [0.15, 0.2) is 0 Å². The second-order valence-corrected chi connectivity index (χ2v) is 3.20. The van der Waals surface area contributed by atoms with Crippen molar-refractivity contribution >= 4 is 17.5 Å². The number of halogens is 1. The highest BCUT2D eigenvalue weighted by atomic mass is 35.5. The number of amides is 1. The molecular formula is C8H17ClN2O2. The number of carbonyl (C=O) groups is 1. The second-order valence-electron chi connectivity index (χ2n) is 2.93. The number of hydrogen-bond acceptors (Lipinski definition) is 3. The third-order valence-corrected chi connectivity index (χ3v) is 2.03. The van der Waals surface area contributed by atoms with E-state index in [2.05, 4.69) is 0 Å². The summed E-state index contributed by atoms with van der Waals surface area (Å²) in [6, 6.07) is 0. The van der Waals surface area contributed by atoms with Crippen molar-refractivity contribution in [3.05, 3.63) is 5.21 Å². The van der Waals surface area contributed by atoms with E-state index in [1.54, 1.807) is 0 Å². The standard InChI is InChI=1S/C8H17ClN2O2/c9-7-8(12)11(13)6-4-2-1-3-5-10/h11H,1-7,10H2. The first-order valence-corrected chi connectivity index (χ1v) is 5.08. The summed E-state index contributed by atoms with van der Waals surface area (Å²) in [5.74, 6) is -0.665. The van der Waals surface area contributed by atoms with Crippen molar-refractivity contribution in [1.82, 2.24) is 0 Å². The molecule has 0 radical (unpaired) electrons. The largest absolute Gasteiger partial charge is 0.627 e. The molecule has 0 bridgehead atoms.